The van der Waals surface area contributed by atoms with Gasteiger partial charge in [-0.2, -0.15) is 0 Å². The van der Waals surface area contributed by atoms with E-state index in [4.69, 9.17) is 9.84 Å². The van der Waals surface area contributed by atoms with Crippen LogP contribution in [-0.2, 0) is 9.53 Å². The highest BCUT2D eigenvalue weighted by Crippen LogP contribution is 2.32. The Morgan fingerprint density at radius 2 is 2.45 bits per heavy atom. The van der Waals surface area contributed by atoms with Crippen molar-refractivity contribution in [1.29, 1.82) is 0 Å². The fraction of sp³-hybridized carbons (Fsp3) is 0.625. The number of esters is 1. The van der Waals surface area contributed by atoms with Gasteiger partial charge >= 0.3 is 5.97 Å². The summed E-state index contributed by atoms with van der Waals surface area (Å²) in [5.41, 5.74) is 0. The van der Waals surface area contributed by atoms with Gasteiger partial charge < -0.3 is 9.84 Å². The fourth-order valence-electron chi connectivity index (χ4n) is 1.70. The average molecular weight is 154 g/mol. The molecule has 1 N–H and O–H groups in total. The largest absolute Gasteiger partial charge is 0.458 e. The van der Waals surface area contributed by atoms with Crippen LogP contribution in [-0.4, -0.2) is 23.8 Å². The zero-order valence-corrected chi connectivity index (χ0v) is 6.06. The molecule has 60 valence electrons. The maximum atomic E-state index is 11.0. The maximum Gasteiger partial charge on any atom is 0.313 e. The molecule has 0 spiro atoms. The third-order valence-corrected chi connectivity index (χ3v) is 2.35. The normalized spacial score (nSPS) is 40.8. The number of aliphatic hydroxyl groups excluding tert-OH is 1. The highest BCUT2D eigenvalue weighted by molar-refractivity contribution is 5.77. The van der Waals surface area contributed by atoms with Crippen molar-refractivity contribution in [2.24, 2.45) is 11.8 Å². The van der Waals surface area contributed by atoms with Crippen molar-refractivity contribution in [3.63, 3.8) is 0 Å². The summed E-state index contributed by atoms with van der Waals surface area (Å²) >= 11 is 0. The number of aliphatic hydroxyl groups is 1. The van der Waals surface area contributed by atoms with E-state index in [0.29, 0.717) is 0 Å². The van der Waals surface area contributed by atoms with Gasteiger partial charge in [0.1, 0.15) is 6.10 Å². The lowest BCUT2D eigenvalue weighted by atomic mass is 9.81. The Balaban J connectivity index is 2.23. The van der Waals surface area contributed by atoms with Crippen LogP contribution in [0.2, 0.25) is 0 Å². The van der Waals surface area contributed by atoms with E-state index >= 15 is 0 Å². The summed E-state index contributed by atoms with van der Waals surface area (Å²) in [7, 11) is 0. The van der Waals surface area contributed by atoms with Crippen molar-refractivity contribution in [3.05, 3.63) is 12.2 Å². The average Bonchev–Trinajstić information content (AvgIpc) is 2.04. The minimum absolute atomic E-state index is 0.0790. The third kappa shape index (κ3) is 0.959. The minimum Gasteiger partial charge on any atom is -0.458 e. The summed E-state index contributed by atoms with van der Waals surface area (Å²) in [4.78, 5) is 11.0. The minimum atomic E-state index is -0.190. The molecule has 3 rings (SSSR count). The summed E-state index contributed by atoms with van der Waals surface area (Å²) in [6, 6.07) is 0. The van der Waals surface area contributed by atoms with Crippen molar-refractivity contribution in [3.8, 4) is 0 Å². The topological polar surface area (TPSA) is 46.5 Å². The SMILES string of the molecule is O=C1O[C@H]2C=C[C@@H]1[C@H](CO)C2. The van der Waals surface area contributed by atoms with E-state index in [2.05, 4.69) is 0 Å². The Morgan fingerprint density at radius 3 is 2.91 bits per heavy atom. The van der Waals surface area contributed by atoms with Crippen LogP contribution in [0, 0.1) is 11.8 Å². The Morgan fingerprint density at radius 1 is 1.64 bits per heavy atom. The summed E-state index contributed by atoms with van der Waals surface area (Å²) in [6.45, 7) is 0.0839. The van der Waals surface area contributed by atoms with Gasteiger partial charge in [0.25, 0.3) is 0 Å². The molecule has 3 heteroatoms. The summed E-state index contributed by atoms with van der Waals surface area (Å²) in [6.07, 6.45) is 4.45. The lowest BCUT2D eigenvalue weighted by Crippen LogP contribution is -2.41. The van der Waals surface area contributed by atoms with Crippen molar-refractivity contribution >= 4 is 5.97 Å². The summed E-state index contributed by atoms with van der Waals surface area (Å²) < 4.78 is 4.98. The van der Waals surface area contributed by atoms with Gasteiger partial charge in [-0.25, -0.2) is 0 Å². The molecular weight excluding hydrogens is 144 g/mol. The Labute approximate surface area is 64.7 Å². The number of hydrogen-bond donors (Lipinski definition) is 1. The molecule has 2 heterocycles. The predicted octanol–water partition coefficient (Wildman–Crippen LogP) is 0.0964. The van der Waals surface area contributed by atoms with Crippen LogP contribution >= 0.6 is 0 Å². The number of carbonyl (C=O) groups is 1. The van der Waals surface area contributed by atoms with E-state index < -0.39 is 0 Å². The maximum absolute atomic E-state index is 11.0. The fourth-order valence-corrected chi connectivity index (χ4v) is 1.70. The van der Waals surface area contributed by atoms with Crippen LogP contribution < -0.4 is 0 Å². The van der Waals surface area contributed by atoms with E-state index in [1.807, 2.05) is 12.2 Å². The second-order valence-electron chi connectivity index (χ2n) is 3.06. The van der Waals surface area contributed by atoms with Gasteiger partial charge in [0, 0.05) is 12.5 Å². The zero-order chi connectivity index (χ0) is 7.84. The van der Waals surface area contributed by atoms with Crippen molar-refractivity contribution < 1.29 is 14.6 Å². The second-order valence-corrected chi connectivity index (χ2v) is 3.06. The highest BCUT2D eigenvalue weighted by atomic mass is 16.5. The molecule has 3 aliphatic rings. The van der Waals surface area contributed by atoms with Crippen LogP contribution in [0.15, 0.2) is 12.2 Å². The van der Waals surface area contributed by atoms with E-state index in [1.54, 1.807) is 0 Å². The molecule has 1 aliphatic carbocycles. The molecule has 0 unspecified atom stereocenters. The molecule has 3 atom stereocenters. The molecule has 0 saturated carbocycles. The van der Waals surface area contributed by atoms with Gasteiger partial charge in [-0.3, -0.25) is 4.79 Å². The van der Waals surface area contributed by atoms with Crippen LogP contribution in [0.4, 0.5) is 0 Å². The predicted molar refractivity (Wildman–Crippen MR) is 37.7 cm³/mol. The molecule has 0 aromatic heterocycles. The lowest BCUT2D eigenvalue weighted by Gasteiger charge is -2.35. The zero-order valence-electron chi connectivity index (χ0n) is 6.06. The molecule has 0 aromatic rings. The number of fused-ring (bicyclic) bond motifs is 2. The molecule has 11 heavy (non-hydrogen) atoms. The quantitative estimate of drug-likeness (QED) is 0.430. The molecule has 0 amide bonds. The van der Waals surface area contributed by atoms with E-state index in [-0.39, 0.29) is 30.5 Å². The summed E-state index contributed by atoms with van der Waals surface area (Å²) in [5.74, 6) is -0.279. The van der Waals surface area contributed by atoms with Crippen LogP contribution in [0.5, 0.6) is 0 Å². The van der Waals surface area contributed by atoms with E-state index in [1.165, 1.54) is 0 Å². The number of hydrogen-bond acceptors (Lipinski definition) is 3. The number of ether oxygens (including phenoxy) is 1. The first-order valence-corrected chi connectivity index (χ1v) is 3.81. The Kier molecular flexibility index (Phi) is 1.46. The number of rotatable bonds is 1. The Bertz CT molecular complexity index is 209. The molecule has 2 bridgehead atoms. The van der Waals surface area contributed by atoms with E-state index in [9.17, 15) is 4.79 Å². The number of carbonyl (C=O) groups excluding carboxylic acids is 1. The van der Waals surface area contributed by atoms with Gasteiger partial charge in [0.05, 0.1) is 5.92 Å². The van der Waals surface area contributed by atoms with Crippen LogP contribution in [0.1, 0.15) is 6.42 Å². The standard InChI is InChI=1S/C8H10O3/c9-4-5-3-6-1-2-7(5)8(10)11-6/h1-2,5-7,9H,3-4H2/t5-,6-,7+/m0/s1. The molecule has 3 nitrogen and oxygen atoms in total. The smallest absolute Gasteiger partial charge is 0.313 e. The van der Waals surface area contributed by atoms with Crippen molar-refractivity contribution in [1.82, 2.24) is 0 Å². The summed E-state index contributed by atoms with van der Waals surface area (Å²) in [5, 5.41) is 8.89. The van der Waals surface area contributed by atoms with Gasteiger partial charge in [0.2, 0.25) is 0 Å². The van der Waals surface area contributed by atoms with Gasteiger partial charge in [-0.1, -0.05) is 6.08 Å². The second kappa shape index (κ2) is 2.34. The first-order valence-electron chi connectivity index (χ1n) is 3.81. The van der Waals surface area contributed by atoms with Crippen LogP contribution in [0.25, 0.3) is 0 Å². The molecule has 0 aromatic carbocycles. The highest BCUT2D eigenvalue weighted by Gasteiger charge is 2.39. The molecule has 1 saturated heterocycles. The Hall–Kier alpha value is -0.830. The van der Waals surface area contributed by atoms with E-state index in [0.717, 1.165) is 6.42 Å². The van der Waals surface area contributed by atoms with Gasteiger partial charge in [-0.15, -0.1) is 0 Å². The van der Waals surface area contributed by atoms with Crippen molar-refractivity contribution in [2.75, 3.05) is 6.61 Å². The van der Waals surface area contributed by atoms with Gasteiger partial charge in [-0.05, 0) is 12.5 Å². The molecule has 0 radical (unpaired) electrons. The van der Waals surface area contributed by atoms with Crippen LogP contribution in [0.3, 0.4) is 0 Å². The molecular formula is C8H10O3. The molecule has 2 aliphatic heterocycles. The lowest BCUT2D eigenvalue weighted by molar-refractivity contribution is -0.162. The van der Waals surface area contributed by atoms with Crippen molar-refractivity contribution in [2.45, 2.75) is 12.5 Å². The first-order chi connectivity index (χ1) is 5.31. The third-order valence-electron chi connectivity index (χ3n) is 2.35. The molecule has 1 fully saturated rings. The van der Waals surface area contributed by atoms with Gasteiger partial charge in [0.15, 0.2) is 0 Å². The first kappa shape index (κ1) is 6.85. The monoisotopic (exact) mass is 154 g/mol.